The number of aryl methyl sites for hydroxylation is 1. The lowest BCUT2D eigenvalue weighted by atomic mass is 9.90. The van der Waals surface area contributed by atoms with Gasteiger partial charge in [-0.05, 0) is 49.1 Å². The molecule has 9 heteroatoms. The minimum Gasteiger partial charge on any atom is -0.380 e. The first kappa shape index (κ1) is 19.5. The fourth-order valence-corrected chi connectivity index (χ4v) is 4.67. The number of carbonyl (C=O) groups is 1. The molecule has 4 heterocycles. The second kappa shape index (κ2) is 7.33. The SMILES string of the molecule is CN1Cc2nn(C)cc2-c2cc(c(N)nn2)N2CCCC[C@@H]2c2cc(F)ccc2C1=O. The van der Waals surface area contributed by atoms with E-state index in [9.17, 15) is 9.18 Å². The highest BCUT2D eigenvalue weighted by Crippen LogP contribution is 2.40. The van der Waals surface area contributed by atoms with Crippen LogP contribution in [-0.2, 0) is 13.6 Å². The first-order chi connectivity index (χ1) is 14.9. The number of hydrogen-bond donors (Lipinski definition) is 1. The number of rotatable bonds is 0. The van der Waals surface area contributed by atoms with E-state index >= 15 is 0 Å². The molecule has 2 aliphatic heterocycles. The number of anilines is 2. The Morgan fingerprint density at radius 3 is 2.81 bits per heavy atom. The zero-order chi connectivity index (χ0) is 21.7. The highest BCUT2D eigenvalue weighted by Gasteiger charge is 2.32. The number of aromatic nitrogens is 4. The van der Waals surface area contributed by atoms with Crippen molar-refractivity contribution in [1.82, 2.24) is 24.9 Å². The van der Waals surface area contributed by atoms with Crippen molar-refractivity contribution < 1.29 is 9.18 Å². The summed E-state index contributed by atoms with van der Waals surface area (Å²) < 4.78 is 16.0. The maximum absolute atomic E-state index is 14.3. The fourth-order valence-electron chi connectivity index (χ4n) is 4.67. The predicted octanol–water partition coefficient (Wildman–Crippen LogP) is 2.92. The van der Waals surface area contributed by atoms with Gasteiger partial charge >= 0.3 is 0 Å². The summed E-state index contributed by atoms with van der Waals surface area (Å²) in [6.07, 6.45) is 4.63. The molecule has 0 spiro atoms. The molecule has 0 aliphatic carbocycles. The van der Waals surface area contributed by atoms with E-state index < -0.39 is 0 Å². The van der Waals surface area contributed by atoms with Crippen LogP contribution in [0.3, 0.4) is 0 Å². The molecular weight excluding hydrogens is 397 g/mol. The number of nitrogen functional groups attached to an aromatic ring is 1. The number of nitrogens with two attached hydrogens (primary N) is 1. The molecular formula is C22H24FN7O. The lowest BCUT2D eigenvalue weighted by molar-refractivity contribution is 0.0781. The Hall–Kier alpha value is -3.49. The molecule has 2 N–H and O–H groups in total. The van der Waals surface area contributed by atoms with Gasteiger partial charge in [0, 0.05) is 38.0 Å². The van der Waals surface area contributed by atoms with Gasteiger partial charge in [-0.1, -0.05) is 0 Å². The van der Waals surface area contributed by atoms with E-state index in [1.165, 1.54) is 12.1 Å². The number of piperidine rings is 1. The summed E-state index contributed by atoms with van der Waals surface area (Å²) in [4.78, 5) is 17.2. The Kier molecular flexibility index (Phi) is 4.60. The van der Waals surface area contributed by atoms with Gasteiger partial charge in [0.1, 0.15) is 5.82 Å². The molecule has 1 fully saturated rings. The summed E-state index contributed by atoms with van der Waals surface area (Å²) >= 11 is 0. The highest BCUT2D eigenvalue weighted by molar-refractivity contribution is 5.96. The zero-order valence-electron chi connectivity index (χ0n) is 17.5. The summed E-state index contributed by atoms with van der Waals surface area (Å²) in [5, 5.41) is 13.1. The fraction of sp³-hybridized carbons (Fsp3) is 0.364. The van der Waals surface area contributed by atoms with Gasteiger partial charge in [-0.2, -0.15) is 5.10 Å². The molecule has 160 valence electrons. The standard InChI is InChI=1S/C22H24FN7O/c1-28-12-18-16(11-29(2)27-18)17-10-20(21(24)26-25-17)30-8-4-3-5-19(30)15-9-13(23)6-7-14(15)22(28)31/h6-7,9-11,19H,3-5,8,12H2,1-2H3,(H2,24,26)/t19-/m1/s1. The number of benzene rings is 1. The van der Waals surface area contributed by atoms with Crippen molar-refractivity contribution in [1.29, 1.82) is 0 Å². The molecule has 0 radical (unpaired) electrons. The second-order valence-electron chi connectivity index (χ2n) is 8.26. The Morgan fingerprint density at radius 2 is 1.97 bits per heavy atom. The minimum atomic E-state index is -0.361. The van der Waals surface area contributed by atoms with Crippen LogP contribution in [0, 0.1) is 5.82 Å². The largest absolute Gasteiger partial charge is 0.380 e. The van der Waals surface area contributed by atoms with Crippen molar-refractivity contribution in [3.8, 4) is 11.3 Å². The number of halogens is 1. The van der Waals surface area contributed by atoms with Crippen LogP contribution < -0.4 is 10.6 Å². The lowest BCUT2D eigenvalue weighted by Crippen LogP contribution is -2.36. The third-order valence-corrected chi connectivity index (χ3v) is 6.13. The number of fused-ring (bicyclic) bond motifs is 8. The molecule has 3 aromatic rings. The summed E-state index contributed by atoms with van der Waals surface area (Å²) in [6.45, 7) is 1.03. The topological polar surface area (TPSA) is 93.2 Å². The summed E-state index contributed by atoms with van der Waals surface area (Å²) in [5.74, 6) is -0.208. The molecule has 8 nitrogen and oxygen atoms in total. The quantitative estimate of drug-likeness (QED) is 0.600. The van der Waals surface area contributed by atoms with Crippen LogP contribution in [0.15, 0.2) is 30.5 Å². The van der Waals surface area contributed by atoms with E-state index in [4.69, 9.17) is 5.73 Å². The second-order valence-corrected chi connectivity index (χ2v) is 8.26. The predicted molar refractivity (Wildman–Crippen MR) is 115 cm³/mol. The van der Waals surface area contributed by atoms with Gasteiger partial charge in [-0.3, -0.25) is 9.48 Å². The third kappa shape index (κ3) is 3.30. The Labute approximate surface area is 179 Å². The molecule has 0 unspecified atom stereocenters. The third-order valence-electron chi connectivity index (χ3n) is 6.13. The molecule has 2 aromatic heterocycles. The van der Waals surface area contributed by atoms with E-state index in [-0.39, 0.29) is 17.8 Å². The normalized spacial score (nSPS) is 18.5. The van der Waals surface area contributed by atoms with Crippen LogP contribution in [0.2, 0.25) is 0 Å². The lowest BCUT2D eigenvalue weighted by Gasteiger charge is -2.39. The molecule has 2 aliphatic rings. The van der Waals surface area contributed by atoms with Gasteiger partial charge in [0.05, 0.1) is 29.7 Å². The van der Waals surface area contributed by atoms with E-state index in [2.05, 4.69) is 20.2 Å². The van der Waals surface area contributed by atoms with Crippen LogP contribution >= 0.6 is 0 Å². The van der Waals surface area contributed by atoms with Crippen LogP contribution in [-0.4, -0.2) is 44.4 Å². The average Bonchev–Trinajstić information content (AvgIpc) is 3.13. The molecule has 0 saturated carbocycles. The highest BCUT2D eigenvalue weighted by atomic mass is 19.1. The van der Waals surface area contributed by atoms with Gasteiger partial charge in [-0.15, -0.1) is 10.2 Å². The van der Waals surface area contributed by atoms with Crippen molar-refractivity contribution in [2.24, 2.45) is 7.05 Å². The summed E-state index contributed by atoms with van der Waals surface area (Å²) in [6, 6.07) is 6.16. The maximum atomic E-state index is 14.3. The van der Waals surface area contributed by atoms with Crippen molar-refractivity contribution >= 4 is 17.4 Å². The van der Waals surface area contributed by atoms with Gasteiger partial charge in [0.2, 0.25) is 0 Å². The van der Waals surface area contributed by atoms with Gasteiger partial charge in [0.15, 0.2) is 5.82 Å². The van der Waals surface area contributed by atoms with E-state index in [0.29, 0.717) is 34.9 Å². The first-order valence-corrected chi connectivity index (χ1v) is 10.4. The number of carbonyl (C=O) groups excluding carboxylic acids is 1. The molecule has 5 rings (SSSR count). The maximum Gasteiger partial charge on any atom is 0.254 e. The van der Waals surface area contributed by atoms with Crippen molar-refractivity contribution in [2.45, 2.75) is 31.8 Å². The molecule has 1 saturated heterocycles. The molecule has 31 heavy (non-hydrogen) atoms. The molecule has 1 aromatic carbocycles. The van der Waals surface area contributed by atoms with Crippen LogP contribution in [0.25, 0.3) is 11.3 Å². The number of amides is 1. The van der Waals surface area contributed by atoms with Crippen LogP contribution in [0.5, 0.6) is 0 Å². The Balaban J connectivity index is 1.78. The smallest absolute Gasteiger partial charge is 0.254 e. The monoisotopic (exact) mass is 421 g/mol. The molecule has 2 bridgehead atoms. The first-order valence-electron chi connectivity index (χ1n) is 10.4. The van der Waals surface area contributed by atoms with Crippen LogP contribution in [0.4, 0.5) is 15.9 Å². The van der Waals surface area contributed by atoms with Gasteiger partial charge < -0.3 is 15.5 Å². The zero-order valence-corrected chi connectivity index (χ0v) is 17.5. The van der Waals surface area contributed by atoms with Crippen molar-refractivity contribution in [2.75, 3.05) is 24.2 Å². The Morgan fingerprint density at radius 1 is 1.13 bits per heavy atom. The summed E-state index contributed by atoms with van der Waals surface area (Å²) in [5.41, 5.74) is 10.4. The van der Waals surface area contributed by atoms with E-state index in [1.807, 2.05) is 19.3 Å². The average molecular weight is 421 g/mol. The number of nitrogens with zero attached hydrogens (tertiary/aromatic N) is 6. The van der Waals surface area contributed by atoms with Crippen molar-refractivity contribution in [3.05, 3.63) is 53.1 Å². The minimum absolute atomic E-state index is 0.166. The molecule has 1 amide bonds. The molecule has 1 atom stereocenters. The Bertz CT molecular complexity index is 1170. The van der Waals surface area contributed by atoms with E-state index in [0.717, 1.165) is 37.1 Å². The number of hydrogen-bond acceptors (Lipinski definition) is 6. The van der Waals surface area contributed by atoms with Crippen LogP contribution in [0.1, 0.15) is 46.9 Å². The van der Waals surface area contributed by atoms with Crippen molar-refractivity contribution in [3.63, 3.8) is 0 Å². The van der Waals surface area contributed by atoms with E-state index in [1.54, 1.807) is 22.7 Å². The van der Waals surface area contributed by atoms with Gasteiger partial charge in [0.25, 0.3) is 5.91 Å². The summed E-state index contributed by atoms with van der Waals surface area (Å²) in [7, 11) is 3.57. The van der Waals surface area contributed by atoms with Gasteiger partial charge in [-0.25, -0.2) is 4.39 Å².